The molecule has 2 aromatic carbocycles. The zero-order valence-corrected chi connectivity index (χ0v) is 17.3. The van der Waals surface area contributed by atoms with Crippen molar-refractivity contribution in [3.05, 3.63) is 89.0 Å². The predicted molar refractivity (Wildman–Crippen MR) is 113 cm³/mol. The average Bonchev–Trinajstić information content (AvgIpc) is 2.82. The third-order valence-electron chi connectivity index (χ3n) is 4.54. The van der Waals surface area contributed by atoms with Crippen LogP contribution in [0.25, 0.3) is 0 Å². The van der Waals surface area contributed by atoms with Gasteiger partial charge >= 0.3 is 5.97 Å². The van der Waals surface area contributed by atoms with E-state index in [-0.39, 0.29) is 29.1 Å². The minimum atomic E-state index is -2.81. The fourth-order valence-corrected chi connectivity index (χ4v) is 2.80. The summed E-state index contributed by atoms with van der Waals surface area (Å²) in [6.45, 7) is 0.185. The van der Waals surface area contributed by atoms with E-state index < -0.39 is 23.7 Å². The molecule has 0 saturated carbocycles. The van der Waals surface area contributed by atoms with E-state index in [0.29, 0.717) is 5.75 Å². The number of carboxylic acids is 1. The Morgan fingerprint density at radius 2 is 1.64 bits per heavy atom. The predicted octanol–water partition coefficient (Wildman–Crippen LogP) is 0.638. The third-order valence-corrected chi connectivity index (χ3v) is 4.54. The van der Waals surface area contributed by atoms with Crippen molar-refractivity contribution in [1.82, 2.24) is 20.6 Å². The molecule has 0 aliphatic heterocycles. The van der Waals surface area contributed by atoms with E-state index >= 15 is 0 Å². The highest BCUT2D eigenvalue weighted by molar-refractivity contribution is 5.97. The number of ether oxygens (including phenoxy) is 1. The highest BCUT2D eigenvalue weighted by Crippen LogP contribution is 2.17. The van der Waals surface area contributed by atoms with Gasteiger partial charge in [-0.15, -0.1) is 0 Å². The number of amides is 2. The smallest absolute Gasteiger partial charge is 0.335 e. The minimum Gasteiger partial charge on any atom is -0.497 e. The quantitative estimate of drug-likeness (QED) is 0.308. The molecular formula is C22H20N4O7. The Morgan fingerprint density at radius 3 is 2.27 bits per heavy atom. The zero-order chi connectivity index (χ0) is 24.0. The summed E-state index contributed by atoms with van der Waals surface area (Å²) in [6.07, 6.45) is 0.994. The van der Waals surface area contributed by atoms with Crippen LogP contribution < -0.4 is 15.4 Å². The van der Waals surface area contributed by atoms with Crippen molar-refractivity contribution in [3.8, 4) is 5.75 Å². The third kappa shape index (κ3) is 5.87. The second-order valence-corrected chi connectivity index (χ2v) is 6.83. The van der Waals surface area contributed by atoms with Gasteiger partial charge in [-0.1, -0.05) is 24.3 Å². The van der Waals surface area contributed by atoms with Gasteiger partial charge in [0.25, 0.3) is 17.7 Å². The van der Waals surface area contributed by atoms with Gasteiger partial charge in [0.2, 0.25) is 0 Å². The van der Waals surface area contributed by atoms with Crippen molar-refractivity contribution >= 4 is 17.8 Å². The molecule has 11 heteroatoms. The van der Waals surface area contributed by atoms with E-state index in [1.807, 2.05) is 5.32 Å². The lowest BCUT2D eigenvalue weighted by Crippen LogP contribution is -2.46. The summed E-state index contributed by atoms with van der Waals surface area (Å²) in [5, 5.41) is 34.0. The van der Waals surface area contributed by atoms with Gasteiger partial charge in [-0.3, -0.25) is 14.9 Å². The van der Waals surface area contributed by atoms with Crippen molar-refractivity contribution in [2.24, 2.45) is 0 Å². The fourth-order valence-electron chi connectivity index (χ4n) is 2.80. The maximum absolute atomic E-state index is 12.5. The van der Waals surface area contributed by atoms with Crippen LogP contribution in [-0.2, 0) is 12.5 Å². The van der Waals surface area contributed by atoms with Gasteiger partial charge in [0.1, 0.15) is 23.5 Å². The number of rotatable bonds is 8. The molecule has 3 rings (SSSR count). The second-order valence-electron chi connectivity index (χ2n) is 6.83. The maximum Gasteiger partial charge on any atom is 0.335 e. The number of nitrogens with one attached hydrogen (secondary N) is 2. The van der Waals surface area contributed by atoms with Crippen LogP contribution in [0.2, 0.25) is 0 Å². The molecule has 0 fully saturated rings. The largest absolute Gasteiger partial charge is 0.497 e. The van der Waals surface area contributed by atoms with Crippen LogP contribution in [0.15, 0.2) is 60.9 Å². The fraction of sp³-hybridized carbons (Fsp3) is 0.136. The lowest BCUT2D eigenvalue weighted by Gasteiger charge is -2.23. The molecule has 2 amide bonds. The summed E-state index contributed by atoms with van der Waals surface area (Å²) >= 11 is 0. The van der Waals surface area contributed by atoms with Gasteiger partial charge in [0, 0.05) is 18.2 Å². The van der Waals surface area contributed by atoms with Crippen molar-refractivity contribution < 1.29 is 34.4 Å². The van der Waals surface area contributed by atoms with Crippen molar-refractivity contribution in [3.63, 3.8) is 0 Å². The molecule has 0 aliphatic rings. The topological polar surface area (TPSA) is 171 Å². The Kier molecular flexibility index (Phi) is 6.96. The van der Waals surface area contributed by atoms with E-state index in [1.54, 1.807) is 24.3 Å². The van der Waals surface area contributed by atoms with Gasteiger partial charge in [-0.2, -0.15) is 0 Å². The monoisotopic (exact) mass is 452 g/mol. The molecule has 1 heterocycles. The second kappa shape index (κ2) is 9.85. The number of carboxylic acid groups (broad SMARTS) is 1. The van der Waals surface area contributed by atoms with Crippen LogP contribution in [-0.4, -0.2) is 50.2 Å². The van der Waals surface area contributed by atoms with Crippen LogP contribution in [0.3, 0.4) is 0 Å². The number of aromatic carboxylic acids is 1. The standard InChI is InChI=1S/C22H20N4O7/c1-33-16-4-2-3-13(9-16)11-23-19(27)17-10-18(25-12-24-17)20(28)26-22(31,32)15-7-5-14(6-8-15)21(29)30/h2-10,12,31-32H,11H2,1H3,(H,23,27)(H,26,28)(H,29,30). The lowest BCUT2D eigenvalue weighted by atomic mass is 10.1. The number of aromatic nitrogens is 2. The molecule has 0 aliphatic carbocycles. The SMILES string of the molecule is COc1cccc(CNC(=O)c2cc(C(=O)NC(O)(O)c3ccc(C(=O)O)cc3)ncn2)c1. The number of carbonyl (C=O) groups is 3. The summed E-state index contributed by atoms with van der Waals surface area (Å²) in [4.78, 5) is 43.4. The number of aliphatic hydroxyl groups is 2. The number of nitrogens with zero attached hydrogens (tertiary/aromatic N) is 2. The van der Waals surface area contributed by atoms with Gasteiger partial charge in [0.05, 0.1) is 12.7 Å². The number of hydrogen-bond donors (Lipinski definition) is 5. The van der Waals surface area contributed by atoms with Crippen LogP contribution in [0, 0.1) is 0 Å². The van der Waals surface area contributed by atoms with E-state index in [1.165, 1.54) is 7.11 Å². The molecule has 5 N–H and O–H groups in total. The maximum atomic E-state index is 12.5. The Hall–Kier alpha value is -4.35. The Balaban J connectivity index is 1.67. The molecule has 0 bridgehead atoms. The van der Waals surface area contributed by atoms with E-state index in [0.717, 1.165) is 42.2 Å². The molecule has 0 radical (unpaired) electrons. The van der Waals surface area contributed by atoms with E-state index in [2.05, 4.69) is 15.3 Å². The number of methoxy groups -OCH3 is 1. The molecule has 3 aromatic rings. The Bertz CT molecular complexity index is 1180. The van der Waals surface area contributed by atoms with Gasteiger partial charge < -0.3 is 25.4 Å². The number of benzene rings is 2. The van der Waals surface area contributed by atoms with Crippen LogP contribution in [0.4, 0.5) is 0 Å². The van der Waals surface area contributed by atoms with Gasteiger partial charge in [-0.05, 0) is 29.8 Å². The molecule has 170 valence electrons. The molecular weight excluding hydrogens is 432 g/mol. The lowest BCUT2D eigenvalue weighted by molar-refractivity contribution is -0.185. The zero-order valence-electron chi connectivity index (χ0n) is 17.3. The Labute approximate surface area is 187 Å². The molecule has 33 heavy (non-hydrogen) atoms. The first-order valence-corrected chi connectivity index (χ1v) is 9.54. The first-order valence-electron chi connectivity index (χ1n) is 9.54. The summed E-state index contributed by atoms with van der Waals surface area (Å²) in [5.74, 6) is -4.93. The summed E-state index contributed by atoms with van der Waals surface area (Å²) in [5.41, 5.74) is 0.151. The highest BCUT2D eigenvalue weighted by atomic mass is 16.5. The molecule has 1 aromatic heterocycles. The molecule has 0 saturated heterocycles. The average molecular weight is 452 g/mol. The minimum absolute atomic E-state index is 0.0683. The first-order chi connectivity index (χ1) is 15.7. The van der Waals surface area contributed by atoms with Crippen molar-refractivity contribution in [2.45, 2.75) is 12.5 Å². The van der Waals surface area contributed by atoms with Crippen LogP contribution in [0.5, 0.6) is 5.75 Å². The van der Waals surface area contributed by atoms with Crippen LogP contribution >= 0.6 is 0 Å². The summed E-state index contributed by atoms with van der Waals surface area (Å²) in [7, 11) is 1.53. The Morgan fingerprint density at radius 1 is 0.970 bits per heavy atom. The van der Waals surface area contributed by atoms with Gasteiger partial charge in [0.15, 0.2) is 0 Å². The highest BCUT2D eigenvalue weighted by Gasteiger charge is 2.29. The molecule has 0 spiro atoms. The number of hydrogen-bond acceptors (Lipinski definition) is 8. The van der Waals surface area contributed by atoms with E-state index in [9.17, 15) is 24.6 Å². The summed E-state index contributed by atoms with van der Waals surface area (Å²) in [6, 6.07) is 12.8. The first kappa shape index (κ1) is 23.3. The molecule has 0 unspecified atom stereocenters. The van der Waals surface area contributed by atoms with E-state index in [4.69, 9.17) is 9.84 Å². The normalized spacial score (nSPS) is 10.9. The molecule has 0 atom stereocenters. The molecule has 11 nitrogen and oxygen atoms in total. The summed E-state index contributed by atoms with van der Waals surface area (Å²) < 4.78 is 5.13. The van der Waals surface area contributed by atoms with Gasteiger partial charge in [-0.25, -0.2) is 14.8 Å². The van der Waals surface area contributed by atoms with Crippen molar-refractivity contribution in [1.29, 1.82) is 0 Å². The van der Waals surface area contributed by atoms with Crippen molar-refractivity contribution in [2.75, 3.05) is 7.11 Å². The van der Waals surface area contributed by atoms with Crippen LogP contribution in [0.1, 0.15) is 42.5 Å². The number of carbonyl (C=O) groups excluding carboxylic acids is 2.